The summed E-state index contributed by atoms with van der Waals surface area (Å²) < 4.78 is 6.50. The molecule has 1 aliphatic rings. The Hall–Kier alpha value is -2.93. The summed E-state index contributed by atoms with van der Waals surface area (Å²) in [6.07, 6.45) is -0.657. The van der Waals surface area contributed by atoms with E-state index >= 15 is 0 Å². The van der Waals surface area contributed by atoms with Gasteiger partial charge >= 0.3 is 0 Å². The fraction of sp³-hybridized carbons (Fsp3) is 0.333. The van der Waals surface area contributed by atoms with E-state index < -0.39 is 6.23 Å². The minimum atomic E-state index is -0.657. The van der Waals surface area contributed by atoms with Crippen LogP contribution in [0.4, 0.5) is 5.69 Å². The Balaban J connectivity index is 2.04. The minimum absolute atomic E-state index is 0.108. The van der Waals surface area contributed by atoms with Gasteiger partial charge in [0.05, 0.1) is 5.69 Å². The third kappa shape index (κ3) is 3.90. The molecule has 0 bridgehead atoms. The first-order chi connectivity index (χ1) is 14.8. The monoisotopic (exact) mass is 434 g/mol. The molecule has 0 N–H and O–H groups in total. The fourth-order valence-electron chi connectivity index (χ4n) is 4.03. The molecule has 0 spiro atoms. The molecule has 0 saturated heterocycles. The molecule has 4 rings (SSSR count). The van der Waals surface area contributed by atoms with Crippen LogP contribution in [-0.2, 0) is 4.79 Å². The predicted octanol–water partition coefficient (Wildman–Crippen LogP) is 5.33. The Labute approximate surface area is 187 Å². The van der Waals surface area contributed by atoms with Gasteiger partial charge in [0.2, 0.25) is 23.2 Å². The normalized spacial score (nSPS) is 15.0. The van der Waals surface area contributed by atoms with Gasteiger partial charge in [-0.1, -0.05) is 54.1 Å². The van der Waals surface area contributed by atoms with Gasteiger partial charge in [0.25, 0.3) is 0 Å². The second-order valence-electron chi connectivity index (χ2n) is 7.88. The SMILES string of the molecule is CCSc1nnc2c(n1)OC(c1cc(C)ccc1C)N(C(C)=O)c1c(C)cc(C)cc1-2. The van der Waals surface area contributed by atoms with Crippen molar-refractivity contribution in [3.63, 3.8) is 0 Å². The van der Waals surface area contributed by atoms with Crippen LogP contribution in [0.25, 0.3) is 11.3 Å². The number of hydrogen-bond donors (Lipinski definition) is 0. The first kappa shape index (κ1) is 21.3. The Bertz CT molecular complexity index is 1180. The number of anilines is 1. The summed E-state index contributed by atoms with van der Waals surface area (Å²) in [5, 5.41) is 9.34. The average molecular weight is 435 g/mol. The number of hydrogen-bond acceptors (Lipinski definition) is 6. The quantitative estimate of drug-likeness (QED) is 0.519. The van der Waals surface area contributed by atoms with Crippen molar-refractivity contribution in [3.05, 3.63) is 58.1 Å². The van der Waals surface area contributed by atoms with E-state index in [-0.39, 0.29) is 5.91 Å². The van der Waals surface area contributed by atoms with Crippen molar-refractivity contribution in [2.24, 2.45) is 0 Å². The van der Waals surface area contributed by atoms with E-state index in [4.69, 9.17) is 4.74 Å². The highest BCUT2D eigenvalue weighted by molar-refractivity contribution is 7.99. The Morgan fingerprint density at radius 1 is 1.06 bits per heavy atom. The molecule has 2 heterocycles. The summed E-state index contributed by atoms with van der Waals surface area (Å²) in [5.74, 6) is 1.12. The van der Waals surface area contributed by atoms with Crippen LogP contribution in [0.15, 0.2) is 35.5 Å². The number of amides is 1. The highest BCUT2D eigenvalue weighted by atomic mass is 32.2. The molecule has 7 heteroatoms. The number of fused-ring (bicyclic) bond motifs is 3. The topological polar surface area (TPSA) is 68.2 Å². The summed E-state index contributed by atoms with van der Waals surface area (Å²) in [6.45, 7) is 11.7. The van der Waals surface area contributed by atoms with Crippen LogP contribution < -0.4 is 9.64 Å². The maximum Gasteiger partial charge on any atom is 0.247 e. The molecule has 6 nitrogen and oxygen atoms in total. The van der Waals surface area contributed by atoms with Crippen molar-refractivity contribution >= 4 is 23.4 Å². The molecule has 0 aliphatic carbocycles. The lowest BCUT2D eigenvalue weighted by molar-refractivity contribution is -0.118. The Kier molecular flexibility index (Phi) is 5.71. The lowest BCUT2D eigenvalue weighted by atomic mass is 9.99. The summed E-state index contributed by atoms with van der Waals surface area (Å²) >= 11 is 1.51. The van der Waals surface area contributed by atoms with Crippen LogP contribution in [0.1, 0.15) is 47.9 Å². The van der Waals surface area contributed by atoms with Crippen molar-refractivity contribution in [3.8, 4) is 17.1 Å². The second-order valence-corrected chi connectivity index (χ2v) is 9.11. The van der Waals surface area contributed by atoms with Crippen molar-refractivity contribution in [2.45, 2.75) is 52.9 Å². The summed E-state index contributed by atoms with van der Waals surface area (Å²) in [6, 6.07) is 10.3. The van der Waals surface area contributed by atoms with Crippen molar-refractivity contribution in [1.29, 1.82) is 0 Å². The van der Waals surface area contributed by atoms with Crippen LogP contribution in [0.3, 0.4) is 0 Å². The number of thioether (sulfide) groups is 1. The molecule has 2 aromatic carbocycles. The van der Waals surface area contributed by atoms with Gasteiger partial charge in [-0.25, -0.2) is 0 Å². The van der Waals surface area contributed by atoms with E-state index in [1.165, 1.54) is 11.8 Å². The van der Waals surface area contributed by atoms with Crippen molar-refractivity contribution in [1.82, 2.24) is 15.2 Å². The summed E-state index contributed by atoms with van der Waals surface area (Å²) in [4.78, 5) is 19.4. The molecule has 0 fully saturated rings. The highest BCUT2D eigenvalue weighted by Crippen LogP contribution is 2.46. The van der Waals surface area contributed by atoms with E-state index in [0.717, 1.165) is 44.8 Å². The van der Waals surface area contributed by atoms with Crippen molar-refractivity contribution < 1.29 is 9.53 Å². The lowest BCUT2D eigenvalue weighted by Crippen LogP contribution is -2.37. The van der Waals surface area contributed by atoms with Crippen LogP contribution >= 0.6 is 11.8 Å². The van der Waals surface area contributed by atoms with Gasteiger partial charge in [0, 0.05) is 18.1 Å². The van der Waals surface area contributed by atoms with Gasteiger partial charge in [-0.2, -0.15) is 4.98 Å². The molecule has 1 unspecified atom stereocenters. The van der Waals surface area contributed by atoms with Crippen LogP contribution in [0, 0.1) is 27.7 Å². The molecule has 31 heavy (non-hydrogen) atoms. The number of carbonyl (C=O) groups is 1. The van der Waals surface area contributed by atoms with Crippen LogP contribution in [-0.4, -0.2) is 26.8 Å². The summed E-state index contributed by atoms with van der Waals surface area (Å²) in [5.41, 5.74) is 7.27. The smallest absolute Gasteiger partial charge is 0.247 e. The molecule has 1 aromatic heterocycles. The largest absolute Gasteiger partial charge is 0.447 e. The van der Waals surface area contributed by atoms with Gasteiger partial charge in [0.15, 0.2) is 5.69 Å². The van der Waals surface area contributed by atoms with Gasteiger partial charge in [-0.3, -0.25) is 9.69 Å². The molecule has 1 aliphatic heterocycles. The van der Waals surface area contributed by atoms with Gasteiger partial charge < -0.3 is 4.74 Å². The van der Waals surface area contributed by atoms with E-state index in [9.17, 15) is 4.79 Å². The molecule has 1 atom stereocenters. The molecule has 160 valence electrons. The number of ether oxygens (including phenoxy) is 1. The zero-order valence-corrected chi connectivity index (χ0v) is 19.5. The fourth-order valence-corrected chi connectivity index (χ4v) is 4.53. The van der Waals surface area contributed by atoms with Gasteiger partial charge in [0.1, 0.15) is 0 Å². The third-order valence-electron chi connectivity index (χ3n) is 5.35. The molecule has 0 saturated carbocycles. The van der Waals surface area contributed by atoms with E-state index in [0.29, 0.717) is 16.7 Å². The predicted molar refractivity (Wildman–Crippen MR) is 124 cm³/mol. The number of nitrogens with zero attached hydrogens (tertiary/aromatic N) is 4. The molecule has 3 aromatic rings. The standard InChI is InChI=1S/C24H26N4O2S/c1-7-31-24-25-22-20(26-27-24)19-12-14(3)10-16(5)21(19)28(17(6)29)23(30-22)18-11-13(2)8-9-15(18)4/h8-12,23H,7H2,1-6H3. The van der Waals surface area contributed by atoms with Gasteiger partial charge in [-0.15, -0.1) is 10.2 Å². The number of carbonyl (C=O) groups excluding carboxylic acids is 1. The average Bonchev–Trinajstić information content (AvgIpc) is 2.84. The first-order valence-electron chi connectivity index (χ1n) is 10.3. The number of aromatic nitrogens is 3. The lowest BCUT2D eigenvalue weighted by Gasteiger charge is -2.32. The Morgan fingerprint density at radius 3 is 2.55 bits per heavy atom. The maximum absolute atomic E-state index is 13.0. The number of aryl methyl sites for hydroxylation is 4. The molecule has 1 amide bonds. The van der Waals surface area contributed by atoms with Crippen LogP contribution in [0.2, 0.25) is 0 Å². The second kappa shape index (κ2) is 8.30. The molecule has 0 radical (unpaired) electrons. The highest BCUT2D eigenvalue weighted by Gasteiger charge is 2.36. The zero-order chi connectivity index (χ0) is 22.3. The first-order valence-corrected chi connectivity index (χ1v) is 11.3. The van der Waals surface area contributed by atoms with Crippen LogP contribution in [0.5, 0.6) is 5.88 Å². The zero-order valence-electron chi connectivity index (χ0n) is 18.7. The minimum Gasteiger partial charge on any atom is -0.447 e. The Morgan fingerprint density at radius 2 is 1.84 bits per heavy atom. The summed E-state index contributed by atoms with van der Waals surface area (Å²) in [7, 11) is 0. The van der Waals surface area contributed by atoms with Gasteiger partial charge in [-0.05, 0) is 50.6 Å². The number of benzene rings is 2. The van der Waals surface area contributed by atoms with E-state index in [2.05, 4.69) is 39.4 Å². The van der Waals surface area contributed by atoms with E-state index in [1.807, 2.05) is 40.7 Å². The molecular weight excluding hydrogens is 408 g/mol. The van der Waals surface area contributed by atoms with E-state index in [1.54, 1.807) is 11.8 Å². The molecular formula is C24H26N4O2S. The van der Waals surface area contributed by atoms with Crippen molar-refractivity contribution in [2.75, 3.05) is 10.7 Å². The number of rotatable bonds is 3. The third-order valence-corrected chi connectivity index (χ3v) is 6.07. The maximum atomic E-state index is 13.0.